The van der Waals surface area contributed by atoms with Gasteiger partial charge in [0.15, 0.2) is 0 Å². The molecule has 4 heterocycles. The Morgan fingerprint density at radius 1 is 1.18 bits per heavy atom. The Morgan fingerprint density at radius 2 is 1.88 bits per heavy atom. The Hall–Kier alpha value is -3.10. The lowest BCUT2D eigenvalue weighted by Crippen LogP contribution is -2.59. The van der Waals surface area contributed by atoms with Crippen LogP contribution >= 0.6 is 15.9 Å². The second-order valence-electron chi connectivity index (χ2n) is 14.0. The van der Waals surface area contributed by atoms with E-state index in [9.17, 15) is 24.3 Å². The van der Waals surface area contributed by atoms with Crippen molar-refractivity contribution >= 4 is 39.6 Å². The van der Waals surface area contributed by atoms with Crippen LogP contribution in [0.25, 0.3) is 0 Å². The van der Waals surface area contributed by atoms with Crippen LogP contribution in [0.2, 0.25) is 0 Å². The number of alkyl halides is 1. The number of benzene rings is 1. The zero-order valence-electron chi connectivity index (χ0n) is 30.0. The summed E-state index contributed by atoms with van der Waals surface area (Å²) in [5.41, 5.74) is -0.613. The van der Waals surface area contributed by atoms with Crippen LogP contribution in [0.1, 0.15) is 51.2 Å². The fourth-order valence-corrected chi connectivity index (χ4v) is 9.20. The summed E-state index contributed by atoms with van der Waals surface area (Å²) in [5.74, 6) is -3.45. The molecule has 2 bridgehead atoms. The third-order valence-electron chi connectivity index (χ3n) is 11.1. The summed E-state index contributed by atoms with van der Waals surface area (Å²) in [7, 11) is 1.69. The number of fused-ring (bicyclic) bond motifs is 1. The number of morpholine rings is 1. The summed E-state index contributed by atoms with van der Waals surface area (Å²) >= 11 is 3.75. The van der Waals surface area contributed by atoms with E-state index >= 15 is 0 Å². The quantitative estimate of drug-likeness (QED) is 0.145. The first kappa shape index (κ1) is 39.1. The second-order valence-corrected chi connectivity index (χ2v) is 15.2. The van der Waals surface area contributed by atoms with E-state index in [0.717, 1.165) is 13.1 Å². The van der Waals surface area contributed by atoms with Crippen molar-refractivity contribution in [2.24, 2.45) is 11.8 Å². The van der Waals surface area contributed by atoms with Crippen molar-refractivity contribution in [3.8, 4) is 0 Å². The Balaban J connectivity index is 1.47. The average molecular weight is 774 g/mol. The van der Waals surface area contributed by atoms with Gasteiger partial charge >= 0.3 is 5.97 Å². The molecule has 1 N–H and O–H groups in total. The van der Waals surface area contributed by atoms with Crippen LogP contribution in [-0.2, 0) is 33.4 Å². The number of amides is 3. The van der Waals surface area contributed by atoms with Gasteiger partial charge in [0.1, 0.15) is 17.7 Å². The molecule has 3 amide bonds. The number of hydrogen-bond donors (Lipinski definition) is 1. The van der Waals surface area contributed by atoms with E-state index in [0.29, 0.717) is 51.1 Å². The van der Waals surface area contributed by atoms with Crippen molar-refractivity contribution in [3.05, 3.63) is 61.2 Å². The number of rotatable bonds is 17. The molecule has 1 aromatic rings. The summed E-state index contributed by atoms with van der Waals surface area (Å²) in [6, 6.07) is 6.98. The predicted octanol–water partition coefficient (Wildman–Crippen LogP) is 2.95. The number of likely N-dealkylation sites (N-methyl/N-ethyl adjacent to an activating group) is 1. The van der Waals surface area contributed by atoms with Crippen molar-refractivity contribution in [2.75, 3.05) is 59.6 Å². The molecule has 1 unspecified atom stereocenters. The number of hydrogen-bond acceptors (Lipinski definition) is 9. The number of likely N-dealkylation sites (tertiary alicyclic amines) is 1. The predicted molar refractivity (Wildman–Crippen MR) is 195 cm³/mol. The Morgan fingerprint density at radius 3 is 2.51 bits per heavy atom. The van der Waals surface area contributed by atoms with Crippen LogP contribution in [0, 0.1) is 11.8 Å². The van der Waals surface area contributed by atoms with Crippen molar-refractivity contribution in [1.29, 1.82) is 0 Å². The number of ether oxygens (including phenoxy) is 3. The van der Waals surface area contributed by atoms with Crippen molar-refractivity contribution in [1.82, 2.24) is 19.6 Å². The van der Waals surface area contributed by atoms with E-state index in [1.807, 2.05) is 44.2 Å². The smallest absolute Gasteiger partial charge is 0.313 e. The molecule has 12 nitrogen and oxygen atoms in total. The number of carbonyl (C=O) groups is 4. The Bertz CT molecular complexity index is 1420. The molecule has 0 radical (unpaired) electrons. The molecule has 0 aliphatic carbocycles. The molecule has 51 heavy (non-hydrogen) atoms. The van der Waals surface area contributed by atoms with Crippen LogP contribution < -0.4 is 0 Å². The molecule has 280 valence electrons. The van der Waals surface area contributed by atoms with Gasteiger partial charge < -0.3 is 34.0 Å². The molecular weight excluding hydrogens is 720 g/mol. The first-order chi connectivity index (χ1) is 24.5. The van der Waals surface area contributed by atoms with Crippen LogP contribution in [0.3, 0.4) is 0 Å². The maximum atomic E-state index is 14.8. The zero-order chi connectivity index (χ0) is 36.9. The maximum absolute atomic E-state index is 14.8. The van der Waals surface area contributed by atoms with E-state index < -0.39 is 59.6 Å². The Labute approximate surface area is 309 Å². The lowest BCUT2D eigenvalue weighted by molar-refractivity contribution is -0.165. The highest BCUT2D eigenvalue weighted by atomic mass is 79.9. The van der Waals surface area contributed by atoms with Crippen molar-refractivity contribution in [2.45, 2.75) is 80.3 Å². The molecule has 4 saturated heterocycles. The summed E-state index contributed by atoms with van der Waals surface area (Å²) < 4.78 is 18.6. The summed E-state index contributed by atoms with van der Waals surface area (Å²) in [5, 5.41) is 10.5. The molecule has 13 heteroatoms. The Kier molecular flexibility index (Phi) is 13.2. The highest BCUT2D eigenvalue weighted by molar-refractivity contribution is 9.09. The molecule has 4 fully saturated rings. The molecule has 0 aromatic heterocycles. The highest BCUT2D eigenvalue weighted by Gasteiger charge is 2.77. The lowest BCUT2D eigenvalue weighted by Gasteiger charge is -2.39. The topological polar surface area (TPSA) is 129 Å². The average Bonchev–Trinajstić information content (AvgIpc) is 3.75. The molecule has 4 aliphatic rings. The van der Waals surface area contributed by atoms with Gasteiger partial charge in [-0.3, -0.25) is 24.1 Å². The van der Waals surface area contributed by atoms with Gasteiger partial charge in [-0.05, 0) is 31.7 Å². The van der Waals surface area contributed by atoms with Gasteiger partial charge in [-0.2, -0.15) is 0 Å². The van der Waals surface area contributed by atoms with E-state index in [1.54, 1.807) is 29.0 Å². The van der Waals surface area contributed by atoms with Gasteiger partial charge in [0, 0.05) is 51.0 Å². The summed E-state index contributed by atoms with van der Waals surface area (Å²) in [6.45, 7) is 15.0. The number of aliphatic hydroxyl groups is 1. The van der Waals surface area contributed by atoms with Crippen LogP contribution in [-0.4, -0.2) is 143 Å². The number of halogens is 1. The van der Waals surface area contributed by atoms with Gasteiger partial charge in [0.25, 0.3) is 0 Å². The minimum atomic E-state index is -1.32. The van der Waals surface area contributed by atoms with Gasteiger partial charge in [-0.1, -0.05) is 65.3 Å². The molecule has 5 rings (SSSR count). The number of nitrogens with zero attached hydrogens (tertiary/aromatic N) is 4. The first-order valence-electron chi connectivity index (χ1n) is 18.1. The van der Waals surface area contributed by atoms with Crippen LogP contribution in [0.5, 0.6) is 0 Å². The SMILES string of the molecule is C=CCCC(=O)N(C)[C@@H](C)[C@@H](OC(=O)[C@H]1[C@@H]2O[C@@]3(CC2Br)[C@@H]1C(=O)N([C@@H](CC)CO)[C@@H]3C(=O)N(CC=C)CCN1CCOCC1)c1ccccc1. The molecular formula is C38H53BrN4O8. The molecule has 4 aliphatic heterocycles. The normalized spacial score (nSPS) is 28.8. The minimum Gasteiger partial charge on any atom is -0.455 e. The van der Waals surface area contributed by atoms with Gasteiger partial charge in [-0.15, -0.1) is 13.2 Å². The molecule has 9 atom stereocenters. The number of carbonyl (C=O) groups excluding carboxylic acids is 4. The maximum Gasteiger partial charge on any atom is 0.313 e. The highest BCUT2D eigenvalue weighted by Crippen LogP contribution is 2.61. The van der Waals surface area contributed by atoms with E-state index in [-0.39, 0.29) is 36.2 Å². The van der Waals surface area contributed by atoms with E-state index in [4.69, 9.17) is 14.2 Å². The monoisotopic (exact) mass is 772 g/mol. The van der Waals surface area contributed by atoms with Gasteiger partial charge in [0.05, 0.1) is 49.8 Å². The summed E-state index contributed by atoms with van der Waals surface area (Å²) in [6.07, 6.45) is 3.32. The third kappa shape index (κ3) is 7.69. The zero-order valence-corrected chi connectivity index (χ0v) is 31.6. The van der Waals surface area contributed by atoms with E-state index in [2.05, 4.69) is 34.0 Å². The number of esters is 1. The fraction of sp³-hybridized carbons (Fsp3) is 0.632. The first-order valence-corrected chi connectivity index (χ1v) is 19.0. The molecule has 1 aromatic carbocycles. The minimum absolute atomic E-state index is 0.114. The molecule has 1 spiro atoms. The summed E-state index contributed by atoms with van der Waals surface area (Å²) in [4.78, 5) is 63.7. The third-order valence-corrected chi connectivity index (χ3v) is 12.0. The second kappa shape index (κ2) is 17.2. The van der Waals surface area contributed by atoms with Crippen LogP contribution in [0.15, 0.2) is 55.6 Å². The number of aliphatic hydroxyl groups excluding tert-OH is 1. The van der Waals surface area contributed by atoms with Crippen molar-refractivity contribution < 1.29 is 38.5 Å². The number of allylic oxidation sites excluding steroid dienone is 1. The largest absolute Gasteiger partial charge is 0.455 e. The standard InChI is InChI=1S/C38H53BrN4O8/c1-6-9-15-29(45)40(5)25(4)32(26-13-11-10-12-14-26)50-37(48)30-31-35(46)43(27(8-3)24-44)34(38(31)23-28(39)33(30)51-38)36(47)42(16-7-2)18-17-41-19-21-49-22-20-41/h6-7,10-14,25,27-28,30-34,44H,1-2,8-9,15-24H2,3-5H3/t25-,27-,28?,30+,31-,32+,33+,34+,38-/m0/s1. The van der Waals surface area contributed by atoms with E-state index in [1.165, 1.54) is 4.90 Å². The fourth-order valence-electron chi connectivity index (χ4n) is 8.25. The molecule has 0 saturated carbocycles. The van der Waals surface area contributed by atoms with Crippen molar-refractivity contribution in [3.63, 3.8) is 0 Å². The van der Waals surface area contributed by atoms with Gasteiger partial charge in [0.2, 0.25) is 17.7 Å². The van der Waals surface area contributed by atoms with Crippen LogP contribution in [0.4, 0.5) is 0 Å². The van der Waals surface area contributed by atoms with Gasteiger partial charge in [-0.25, -0.2) is 0 Å². The lowest BCUT2D eigenvalue weighted by atomic mass is 9.70.